The van der Waals surface area contributed by atoms with Crippen LogP contribution in [0.2, 0.25) is 0 Å². The van der Waals surface area contributed by atoms with Gasteiger partial charge in [0.05, 0.1) is 5.92 Å². The first kappa shape index (κ1) is 14.0. The van der Waals surface area contributed by atoms with Crippen molar-refractivity contribution in [3.8, 4) is 0 Å². The molecule has 1 amide bonds. The maximum atomic E-state index is 12.1. The molecule has 4 heteroatoms. The number of hydrogen-bond donors (Lipinski definition) is 2. The highest BCUT2D eigenvalue weighted by atomic mass is 32.2. The molecule has 0 spiro atoms. The number of para-hydroxylation sites is 1. The average Bonchev–Trinajstić information content (AvgIpc) is 2.46. The fourth-order valence-corrected chi connectivity index (χ4v) is 2.76. The van der Waals surface area contributed by atoms with Crippen LogP contribution in [0.15, 0.2) is 36.9 Å². The number of hydrogen-bond acceptors (Lipinski definition) is 3. The van der Waals surface area contributed by atoms with Crippen molar-refractivity contribution in [2.75, 3.05) is 29.9 Å². The third-order valence-electron chi connectivity index (χ3n) is 3.17. The van der Waals surface area contributed by atoms with Crippen molar-refractivity contribution in [1.82, 2.24) is 5.32 Å². The fourth-order valence-electron chi connectivity index (χ4n) is 2.18. The Kier molecular flexibility index (Phi) is 5.33. The highest BCUT2D eigenvalue weighted by Gasteiger charge is 2.23. The zero-order valence-electron chi connectivity index (χ0n) is 11.0. The molecule has 1 aromatic carbocycles. The molecule has 2 rings (SSSR count). The van der Waals surface area contributed by atoms with Gasteiger partial charge in [-0.05, 0) is 18.1 Å². The maximum absolute atomic E-state index is 12.1. The van der Waals surface area contributed by atoms with E-state index in [-0.39, 0.29) is 11.8 Å². The van der Waals surface area contributed by atoms with Crippen molar-refractivity contribution in [3.63, 3.8) is 0 Å². The first-order valence-electron chi connectivity index (χ1n) is 6.59. The van der Waals surface area contributed by atoms with Crippen LogP contribution < -0.4 is 10.6 Å². The van der Waals surface area contributed by atoms with Crippen LogP contribution >= 0.6 is 11.8 Å². The second kappa shape index (κ2) is 7.24. The van der Waals surface area contributed by atoms with Gasteiger partial charge in [0.1, 0.15) is 0 Å². The summed E-state index contributed by atoms with van der Waals surface area (Å²) in [6.07, 6.45) is 2.71. The summed E-state index contributed by atoms with van der Waals surface area (Å²) in [6.45, 7) is 5.13. The van der Waals surface area contributed by atoms with Gasteiger partial charge in [0.15, 0.2) is 0 Å². The second-order valence-corrected chi connectivity index (χ2v) is 5.74. The molecule has 1 aliphatic heterocycles. The van der Waals surface area contributed by atoms with Gasteiger partial charge in [-0.15, -0.1) is 6.58 Å². The Morgan fingerprint density at radius 3 is 3.21 bits per heavy atom. The predicted molar refractivity (Wildman–Crippen MR) is 82.7 cm³/mol. The first-order valence-corrected chi connectivity index (χ1v) is 7.75. The van der Waals surface area contributed by atoms with Gasteiger partial charge in [-0.2, -0.15) is 11.8 Å². The van der Waals surface area contributed by atoms with E-state index in [1.807, 2.05) is 18.2 Å². The Bertz CT molecular complexity index is 448. The van der Waals surface area contributed by atoms with Crippen molar-refractivity contribution in [1.29, 1.82) is 0 Å². The highest BCUT2D eigenvalue weighted by molar-refractivity contribution is 7.99. The van der Waals surface area contributed by atoms with E-state index in [0.717, 1.165) is 36.7 Å². The zero-order valence-corrected chi connectivity index (χ0v) is 11.8. The number of fused-ring (bicyclic) bond motifs is 1. The molecule has 0 fully saturated rings. The summed E-state index contributed by atoms with van der Waals surface area (Å²) in [5.41, 5.74) is 2.39. The van der Waals surface area contributed by atoms with Gasteiger partial charge in [0.25, 0.3) is 0 Å². The van der Waals surface area contributed by atoms with Crippen LogP contribution in [0.25, 0.3) is 0 Å². The summed E-state index contributed by atoms with van der Waals surface area (Å²) in [6, 6.07) is 8.19. The maximum Gasteiger partial charge on any atom is 0.225 e. The lowest BCUT2D eigenvalue weighted by molar-refractivity contribution is -0.124. The molecule has 1 unspecified atom stereocenters. The quantitative estimate of drug-likeness (QED) is 0.619. The summed E-state index contributed by atoms with van der Waals surface area (Å²) in [5.74, 6) is 2.07. The molecule has 0 aliphatic carbocycles. The minimum atomic E-state index is 0.0410. The lowest BCUT2D eigenvalue weighted by atomic mass is 9.93. The lowest BCUT2D eigenvalue weighted by Crippen LogP contribution is -2.39. The fraction of sp³-hybridized carbons (Fsp3) is 0.400. The topological polar surface area (TPSA) is 41.1 Å². The predicted octanol–water partition coefficient (Wildman–Crippen LogP) is 2.31. The van der Waals surface area contributed by atoms with E-state index in [4.69, 9.17) is 0 Å². The molecule has 1 heterocycles. The molecule has 3 nitrogen and oxygen atoms in total. The number of benzene rings is 1. The van der Waals surface area contributed by atoms with Gasteiger partial charge in [0, 0.05) is 30.3 Å². The van der Waals surface area contributed by atoms with Gasteiger partial charge in [-0.3, -0.25) is 4.79 Å². The number of nitrogens with one attached hydrogen (secondary N) is 2. The lowest BCUT2D eigenvalue weighted by Gasteiger charge is -2.25. The molecule has 0 saturated carbocycles. The summed E-state index contributed by atoms with van der Waals surface area (Å²) in [7, 11) is 0. The number of amides is 1. The van der Waals surface area contributed by atoms with E-state index in [1.165, 1.54) is 5.56 Å². The van der Waals surface area contributed by atoms with Crippen LogP contribution in [0, 0.1) is 5.92 Å². The summed E-state index contributed by atoms with van der Waals surface area (Å²) in [5, 5.41) is 6.33. The number of anilines is 1. The minimum absolute atomic E-state index is 0.0410. The molecular formula is C15H20N2OS. The van der Waals surface area contributed by atoms with E-state index in [2.05, 4.69) is 29.3 Å². The molecular weight excluding hydrogens is 256 g/mol. The Morgan fingerprint density at radius 2 is 2.37 bits per heavy atom. The molecule has 102 valence electrons. The molecule has 1 aliphatic rings. The first-order chi connectivity index (χ1) is 9.31. The Balaban J connectivity index is 1.77. The molecule has 0 radical (unpaired) electrons. The van der Waals surface area contributed by atoms with Crippen molar-refractivity contribution in [2.45, 2.75) is 6.42 Å². The normalized spacial score (nSPS) is 17.2. The van der Waals surface area contributed by atoms with E-state index >= 15 is 0 Å². The Labute approximate surface area is 118 Å². The largest absolute Gasteiger partial charge is 0.384 e. The van der Waals surface area contributed by atoms with Gasteiger partial charge in [-0.25, -0.2) is 0 Å². The van der Waals surface area contributed by atoms with Gasteiger partial charge in [0.2, 0.25) is 5.91 Å². The van der Waals surface area contributed by atoms with E-state index in [0.29, 0.717) is 0 Å². The van der Waals surface area contributed by atoms with Crippen LogP contribution in [-0.4, -0.2) is 30.5 Å². The average molecular weight is 276 g/mol. The minimum Gasteiger partial charge on any atom is -0.384 e. The third-order valence-corrected chi connectivity index (χ3v) is 4.14. The molecule has 2 N–H and O–H groups in total. The summed E-state index contributed by atoms with van der Waals surface area (Å²) < 4.78 is 0. The zero-order chi connectivity index (χ0) is 13.5. The Morgan fingerprint density at radius 1 is 1.53 bits per heavy atom. The molecule has 1 aromatic rings. The van der Waals surface area contributed by atoms with E-state index in [1.54, 1.807) is 11.8 Å². The van der Waals surface area contributed by atoms with Crippen molar-refractivity contribution < 1.29 is 4.79 Å². The van der Waals surface area contributed by atoms with Crippen molar-refractivity contribution in [2.24, 2.45) is 5.92 Å². The molecule has 0 saturated heterocycles. The standard InChI is InChI=1S/C15H20N2OS/c1-2-8-19-9-7-16-15(18)13-10-12-5-3-4-6-14(12)17-11-13/h2-6,13,17H,1,7-11H2,(H,16,18). The molecule has 1 atom stereocenters. The SMILES string of the molecule is C=CCSCCNC(=O)C1CNc2ccccc2C1. The van der Waals surface area contributed by atoms with Crippen molar-refractivity contribution >= 4 is 23.4 Å². The van der Waals surface area contributed by atoms with Gasteiger partial charge >= 0.3 is 0 Å². The Hall–Kier alpha value is -1.42. The number of thioether (sulfide) groups is 1. The van der Waals surface area contributed by atoms with Crippen LogP contribution in [0.5, 0.6) is 0 Å². The van der Waals surface area contributed by atoms with Gasteiger partial charge in [-0.1, -0.05) is 24.3 Å². The number of carbonyl (C=O) groups excluding carboxylic acids is 1. The smallest absolute Gasteiger partial charge is 0.225 e. The van der Waals surface area contributed by atoms with Crippen molar-refractivity contribution in [3.05, 3.63) is 42.5 Å². The monoisotopic (exact) mass is 276 g/mol. The molecule has 19 heavy (non-hydrogen) atoms. The summed E-state index contributed by atoms with van der Waals surface area (Å²) >= 11 is 1.78. The highest BCUT2D eigenvalue weighted by Crippen LogP contribution is 2.24. The van der Waals surface area contributed by atoms with Crippen LogP contribution in [0.3, 0.4) is 0 Å². The van der Waals surface area contributed by atoms with E-state index in [9.17, 15) is 4.79 Å². The van der Waals surface area contributed by atoms with Crippen LogP contribution in [-0.2, 0) is 11.2 Å². The number of carbonyl (C=O) groups is 1. The van der Waals surface area contributed by atoms with Gasteiger partial charge < -0.3 is 10.6 Å². The summed E-state index contributed by atoms with van der Waals surface area (Å²) in [4.78, 5) is 12.1. The third kappa shape index (κ3) is 4.03. The number of rotatable bonds is 6. The second-order valence-electron chi connectivity index (χ2n) is 4.59. The molecule has 0 bridgehead atoms. The van der Waals surface area contributed by atoms with Crippen LogP contribution in [0.1, 0.15) is 5.56 Å². The van der Waals surface area contributed by atoms with Crippen LogP contribution in [0.4, 0.5) is 5.69 Å². The van der Waals surface area contributed by atoms with E-state index < -0.39 is 0 Å². The molecule has 0 aromatic heterocycles.